The molecule has 19 heavy (non-hydrogen) atoms. The molecule has 0 aliphatic carbocycles. The first-order valence-electron chi connectivity index (χ1n) is 6.64. The lowest BCUT2D eigenvalue weighted by molar-refractivity contribution is 0.161. The van der Waals surface area contributed by atoms with Crippen molar-refractivity contribution < 1.29 is 9.47 Å². The Balaban J connectivity index is 2.06. The molecule has 1 aliphatic heterocycles. The highest BCUT2D eigenvalue weighted by atomic mass is 32.1. The number of nitrogens with zero attached hydrogens (tertiary/aromatic N) is 2. The fourth-order valence-electron chi connectivity index (χ4n) is 2.43. The normalized spacial score (nSPS) is 19.3. The molecule has 1 fully saturated rings. The third-order valence-corrected chi connectivity index (χ3v) is 4.50. The topological polar surface area (TPSA) is 46.6 Å². The Kier molecular flexibility index (Phi) is 5.57. The Bertz CT molecular complexity index is 374. The smallest absolute Gasteiger partial charge is 0.185 e. The largest absolute Gasteiger partial charge is 0.384 e. The van der Waals surface area contributed by atoms with E-state index in [1.54, 1.807) is 25.6 Å². The molecule has 0 radical (unpaired) electrons. The molecule has 2 heterocycles. The molecule has 0 saturated carbocycles. The molecule has 1 aromatic rings. The minimum atomic E-state index is 0.586. The molecule has 2 rings (SSSR count). The number of methoxy groups -OCH3 is 2. The Hall–Kier alpha value is -0.690. The van der Waals surface area contributed by atoms with Crippen LogP contribution in [0.25, 0.3) is 0 Å². The van der Waals surface area contributed by atoms with Crippen LogP contribution in [0.5, 0.6) is 0 Å². The molecule has 1 aromatic heterocycles. The number of rotatable bonds is 7. The molecule has 6 heteroatoms. The summed E-state index contributed by atoms with van der Waals surface area (Å²) in [7, 11) is 5.45. The minimum absolute atomic E-state index is 0.586. The van der Waals surface area contributed by atoms with Crippen LogP contribution in [0.1, 0.15) is 17.0 Å². The molecule has 1 saturated heterocycles. The van der Waals surface area contributed by atoms with Crippen molar-refractivity contribution >= 4 is 16.5 Å². The van der Waals surface area contributed by atoms with Crippen molar-refractivity contribution in [2.24, 2.45) is 5.92 Å². The predicted octanol–water partition coefficient (Wildman–Crippen LogP) is 1.48. The van der Waals surface area contributed by atoms with Crippen molar-refractivity contribution in [3.8, 4) is 0 Å². The van der Waals surface area contributed by atoms with E-state index in [2.05, 4.69) is 10.2 Å². The second kappa shape index (κ2) is 7.19. The highest BCUT2D eigenvalue weighted by molar-refractivity contribution is 7.15. The van der Waals surface area contributed by atoms with E-state index in [0.29, 0.717) is 12.5 Å². The van der Waals surface area contributed by atoms with Crippen molar-refractivity contribution in [2.75, 3.05) is 45.9 Å². The predicted molar refractivity (Wildman–Crippen MR) is 77.8 cm³/mol. The quantitative estimate of drug-likeness (QED) is 0.822. The molecule has 0 aromatic carbocycles. The van der Waals surface area contributed by atoms with Crippen LogP contribution in [-0.4, -0.2) is 45.9 Å². The summed E-state index contributed by atoms with van der Waals surface area (Å²) in [6, 6.07) is 0. The van der Waals surface area contributed by atoms with Crippen LogP contribution >= 0.6 is 11.3 Å². The number of ether oxygens (including phenoxy) is 2. The first-order chi connectivity index (χ1) is 9.28. The number of thiazole rings is 1. The number of anilines is 1. The van der Waals surface area contributed by atoms with Gasteiger partial charge in [0.15, 0.2) is 5.13 Å². The van der Waals surface area contributed by atoms with E-state index in [4.69, 9.17) is 14.5 Å². The van der Waals surface area contributed by atoms with Crippen molar-refractivity contribution in [3.63, 3.8) is 0 Å². The molecule has 0 amide bonds. The third kappa shape index (κ3) is 3.66. The van der Waals surface area contributed by atoms with Gasteiger partial charge < -0.3 is 19.7 Å². The van der Waals surface area contributed by atoms with Gasteiger partial charge in [0.2, 0.25) is 0 Å². The van der Waals surface area contributed by atoms with Gasteiger partial charge in [0.25, 0.3) is 0 Å². The van der Waals surface area contributed by atoms with Gasteiger partial charge in [-0.3, -0.25) is 0 Å². The molecule has 0 bridgehead atoms. The monoisotopic (exact) mass is 285 g/mol. The van der Waals surface area contributed by atoms with Gasteiger partial charge >= 0.3 is 0 Å². The molecule has 1 N–H and O–H groups in total. The molecule has 0 spiro atoms. The first kappa shape index (κ1) is 14.7. The van der Waals surface area contributed by atoms with E-state index < -0.39 is 0 Å². The third-order valence-electron chi connectivity index (χ3n) is 3.34. The zero-order valence-corrected chi connectivity index (χ0v) is 12.8. The summed E-state index contributed by atoms with van der Waals surface area (Å²) in [5.74, 6) is 0.632. The Morgan fingerprint density at radius 1 is 1.42 bits per heavy atom. The highest BCUT2D eigenvalue weighted by Crippen LogP contribution is 2.31. The second-order valence-electron chi connectivity index (χ2n) is 4.89. The summed E-state index contributed by atoms with van der Waals surface area (Å²) < 4.78 is 10.5. The van der Waals surface area contributed by atoms with Crippen LogP contribution < -0.4 is 10.2 Å². The van der Waals surface area contributed by atoms with E-state index in [1.165, 1.54) is 11.3 Å². The zero-order chi connectivity index (χ0) is 13.7. The van der Waals surface area contributed by atoms with E-state index in [0.717, 1.165) is 37.1 Å². The summed E-state index contributed by atoms with van der Waals surface area (Å²) in [5, 5.41) is 4.31. The lowest BCUT2D eigenvalue weighted by Gasteiger charge is -2.14. The van der Waals surface area contributed by atoms with Crippen LogP contribution in [0, 0.1) is 5.92 Å². The van der Waals surface area contributed by atoms with Gasteiger partial charge in [0.1, 0.15) is 0 Å². The molecule has 108 valence electrons. The van der Waals surface area contributed by atoms with E-state index in [9.17, 15) is 0 Å². The summed E-state index contributed by atoms with van der Waals surface area (Å²) in [6.45, 7) is 4.41. The molecule has 1 aliphatic rings. The van der Waals surface area contributed by atoms with Crippen molar-refractivity contribution in [2.45, 2.75) is 19.6 Å². The lowest BCUT2D eigenvalue weighted by Crippen LogP contribution is -2.20. The maximum absolute atomic E-state index is 5.24. The Morgan fingerprint density at radius 2 is 2.26 bits per heavy atom. The number of hydrogen-bond donors (Lipinski definition) is 1. The Labute approximate surface area is 118 Å². The number of nitrogens with one attached hydrogen (secondary N) is 1. The average molecular weight is 285 g/mol. The van der Waals surface area contributed by atoms with Crippen LogP contribution in [0.15, 0.2) is 0 Å². The van der Waals surface area contributed by atoms with Crippen LogP contribution in [0.4, 0.5) is 5.13 Å². The van der Waals surface area contributed by atoms with Crippen molar-refractivity contribution in [3.05, 3.63) is 10.6 Å². The van der Waals surface area contributed by atoms with Crippen molar-refractivity contribution in [1.82, 2.24) is 10.3 Å². The van der Waals surface area contributed by atoms with Crippen LogP contribution in [-0.2, 0) is 22.6 Å². The summed E-state index contributed by atoms with van der Waals surface area (Å²) in [6.07, 6.45) is 1.19. The van der Waals surface area contributed by atoms with E-state index >= 15 is 0 Å². The second-order valence-corrected chi connectivity index (χ2v) is 5.95. The molecule has 1 atom stereocenters. The lowest BCUT2D eigenvalue weighted by atomic mass is 10.1. The number of aromatic nitrogens is 1. The van der Waals surface area contributed by atoms with Gasteiger partial charge in [-0.05, 0) is 13.5 Å². The van der Waals surface area contributed by atoms with Gasteiger partial charge in [-0.2, -0.15) is 0 Å². The van der Waals surface area contributed by atoms with Gasteiger partial charge in [-0.1, -0.05) is 0 Å². The maximum atomic E-state index is 5.24. The minimum Gasteiger partial charge on any atom is -0.384 e. The molecule has 5 nitrogen and oxygen atoms in total. The standard InChI is InChI=1S/C13H23N3O2S/c1-14-6-12-11(9-18-3)15-13(19-12)16-5-4-10(7-16)8-17-2/h10,14H,4-9H2,1-3H3. The number of hydrogen-bond acceptors (Lipinski definition) is 6. The molecular weight excluding hydrogens is 262 g/mol. The summed E-state index contributed by atoms with van der Waals surface area (Å²) >= 11 is 1.77. The van der Waals surface area contributed by atoms with Crippen molar-refractivity contribution in [1.29, 1.82) is 0 Å². The first-order valence-corrected chi connectivity index (χ1v) is 7.46. The average Bonchev–Trinajstić information content (AvgIpc) is 2.99. The summed E-state index contributed by atoms with van der Waals surface area (Å²) in [4.78, 5) is 8.37. The zero-order valence-electron chi connectivity index (χ0n) is 11.9. The van der Waals surface area contributed by atoms with Gasteiger partial charge in [0.05, 0.1) is 18.9 Å². The fourth-order valence-corrected chi connectivity index (χ4v) is 3.54. The van der Waals surface area contributed by atoms with Gasteiger partial charge in [-0.25, -0.2) is 4.98 Å². The highest BCUT2D eigenvalue weighted by Gasteiger charge is 2.25. The van der Waals surface area contributed by atoms with Gasteiger partial charge in [-0.15, -0.1) is 11.3 Å². The van der Waals surface area contributed by atoms with Crippen LogP contribution in [0.2, 0.25) is 0 Å². The van der Waals surface area contributed by atoms with E-state index in [1.807, 2.05) is 7.05 Å². The maximum Gasteiger partial charge on any atom is 0.185 e. The SMILES string of the molecule is CNCc1sc(N2CCC(COC)C2)nc1COC. The molecule has 1 unspecified atom stereocenters. The van der Waals surface area contributed by atoms with E-state index in [-0.39, 0.29) is 0 Å². The fraction of sp³-hybridized carbons (Fsp3) is 0.769. The molecular formula is C13H23N3O2S. The van der Waals surface area contributed by atoms with Crippen LogP contribution in [0.3, 0.4) is 0 Å². The summed E-state index contributed by atoms with van der Waals surface area (Å²) in [5.41, 5.74) is 1.06. The Morgan fingerprint density at radius 3 is 2.95 bits per heavy atom. The van der Waals surface area contributed by atoms with Gasteiger partial charge in [0, 0.05) is 44.6 Å².